The molecule has 4 aliphatic rings. The summed E-state index contributed by atoms with van der Waals surface area (Å²) in [5.41, 5.74) is 35.2. The summed E-state index contributed by atoms with van der Waals surface area (Å²) < 4.78 is 0. The number of anilines is 12. The van der Waals surface area contributed by atoms with Crippen molar-refractivity contribution in [3.8, 4) is 22.3 Å². The van der Waals surface area contributed by atoms with E-state index in [1.165, 1.54) is 122 Å². The first-order valence-electron chi connectivity index (χ1n) is 38.3. The molecule has 14 aromatic carbocycles. The third-order valence-electron chi connectivity index (χ3n) is 23.4. The molecule has 0 fully saturated rings. The Bertz CT molecular complexity index is 5250. The number of hydrogen-bond donors (Lipinski definition) is 0. The van der Waals surface area contributed by atoms with Crippen LogP contribution in [-0.2, 0) is 27.1 Å². The summed E-state index contributed by atoms with van der Waals surface area (Å²) in [6, 6.07) is 126. The van der Waals surface area contributed by atoms with Crippen LogP contribution in [0, 0.1) is 0 Å². The fourth-order valence-electron chi connectivity index (χ4n) is 18.1. The average molecular weight is 1380 g/mol. The summed E-state index contributed by atoms with van der Waals surface area (Å²) in [5, 5.41) is 0. The highest BCUT2D eigenvalue weighted by Crippen LogP contribution is 2.68. The van der Waals surface area contributed by atoms with Crippen molar-refractivity contribution in [2.45, 2.75) is 110 Å². The molecule has 6 heteroatoms. The maximum absolute atomic E-state index is 2.62. The van der Waals surface area contributed by atoms with E-state index in [2.05, 4.69) is 430 Å². The minimum absolute atomic E-state index is 0.0329. The second kappa shape index (κ2) is 25.3. The molecule has 520 valence electrons. The van der Waals surface area contributed by atoms with Gasteiger partial charge in [-0.2, -0.15) is 0 Å². The van der Waals surface area contributed by atoms with Crippen LogP contribution in [0.3, 0.4) is 0 Å². The molecule has 18 rings (SSSR count). The Balaban J connectivity index is 0.994. The summed E-state index contributed by atoms with van der Waals surface area (Å²) in [6.45, 7) is 27.5. The fourth-order valence-corrected chi connectivity index (χ4v) is 18.1. The lowest BCUT2D eigenvalue weighted by molar-refractivity contribution is 0.590. The first-order chi connectivity index (χ1) is 51.6. The number of benzene rings is 14. The molecule has 0 saturated heterocycles. The van der Waals surface area contributed by atoms with Gasteiger partial charge in [-0.25, -0.2) is 0 Å². The zero-order chi connectivity index (χ0) is 73.5. The fraction of sp³-hybridized carbons (Fsp3) is 0.168. The van der Waals surface area contributed by atoms with Gasteiger partial charge in [0.05, 0.1) is 5.41 Å². The number of para-hydroxylation sites is 4. The predicted molar refractivity (Wildman–Crippen MR) is 458 cm³/mol. The number of fused-ring (bicyclic) bond motifs is 16. The highest BCUT2D eigenvalue weighted by Gasteiger charge is 2.56. The van der Waals surface area contributed by atoms with E-state index in [4.69, 9.17) is 0 Å². The SMILES string of the molecule is CC(C)(C)c1ccc(N(c2ccc(C(C)(C)C)cc2)c2ccc3c(c2)-c2c(ccc4c2N(c2ccccc2)c2ccccc2B4c2ccccc2)C32c3ccc(N(c4ccc(C(C)(C)C)cc4)c4ccc(C(C)(C)C)cc4)cc3-c3c2ccc2c3N(c3ccccc3)c3ccccc3B2c2ccccc2)cc1. The first kappa shape index (κ1) is 67.3. The molecule has 0 saturated carbocycles. The van der Waals surface area contributed by atoms with Gasteiger partial charge in [0.25, 0.3) is 0 Å². The van der Waals surface area contributed by atoms with Crippen LogP contribution >= 0.6 is 0 Å². The Morgan fingerprint density at radius 3 is 0.832 bits per heavy atom. The summed E-state index contributed by atoms with van der Waals surface area (Å²) in [5.74, 6) is 0. The minimum Gasteiger partial charge on any atom is -0.311 e. The molecule has 0 amide bonds. The van der Waals surface area contributed by atoms with Crippen LogP contribution in [0.4, 0.5) is 68.2 Å². The predicted octanol–water partition coefficient (Wildman–Crippen LogP) is 22.8. The Kier molecular flexibility index (Phi) is 15.9. The van der Waals surface area contributed by atoms with Gasteiger partial charge in [-0.3, -0.25) is 0 Å². The van der Waals surface area contributed by atoms with Crippen LogP contribution in [-0.4, -0.2) is 13.4 Å². The Morgan fingerprint density at radius 1 is 0.252 bits per heavy atom. The Hall–Kier alpha value is -11.6. The van der Waals surface area contributed by atoms with E-state index in [1.807, 2.05) is 0 Å². The summed E-state index contributed by atoms with van der Waals surface area (Å²) in [4.78, 5) is 10.2. The molecule has 0 N–H and O–H groups in total. The van der Waals surface area contributed by atoms with Crippen molar-refractivity contribution in [2.75, 3.05) is 19.6 Å². The molecule has 0 bridgehead atoms. The lowest BCUT2D eigenvalue weighted by atomic mass is 9.35. The van der Waals surface area contributed by atoms with Gasteiger partial charge >= 0.3 is 0 Å². The normalized spacial score (nSPS) is 13.8. The molecule has 0 atom stereocenters. The molecular weight excluding hydrogens is 1290 g/mol. The standard InChI is InChI=1S/C101H90B2N4/c1-97(2,3)67-41-49-75(50-42-67)104(76-51-43-68(44-52-76)98(4,5)6)79-57-59-83-81(65-79)93-85(61-63-89-95(93)106(73-33-21-15-22-34-73)91-39-27-25-37-87(91)102(89)71-29-17-13-18-30-71)101(83)84-60-58-80(105(77-53-45-69(46-54-77)99(7,8)9)78-55-47-70(48-56-78)100(10,11)12)66-82(84)94-86(101)62-64-90-96(94)107(74-35-23-16-24-36-74)92-40-28-26-38-88(92)103(90)72-31-19-14-20-32-72/h13-66H,1-12H3. The smallest absolute Gasteiger partial charge is 0.246 e. The number of hydrogen-bond acceptors (Lipinski definition) is 4. The molecule has 4 nitrogen and oxygen atoms in total. The third-order valence-corrected chi connectivity index (χ3v) is 23.4. The highest BCUT2D eigenvalue weighted by molar-refractivity contribution is 6.98. The largest absolute Gasteiger partial charge is 0.311 e. The van der Waals surface area contributed by atoms with Crippen LogP contribution in [0.15, 0.2) is 328 Å². The van der Waals surface area contributed by atoms with E-state index in [-0.39, 0.29) is 35.1 Å². The lowest BCUT2D eigenvalue weighted by Gasteiger charge is -2.40. The maximum Gasteiger partial charge on any atom is 0.246 e. The number of nitrogens with zero attached hydrogens (tertiary/aromatic N) is 4. The van der Waals surface area contributed by atoms with Crippen molar-refractivity contribution in [2.24, 2.45) is 0 Å². The molecule has 0 aromatic heterocycles. The Labute approximate surface area is 634 Å². The second-order valence-electron chi connectivity index (χ2n) is 34.1. The summed E-state index contributed by atoms with van der Waals surface area (Å²) in [6.07, 6.45) is 0. The van der Waals surface area contributed by atoms with E-state index >= 15 is 0 Å². The van der Waals surface area contributed by atoms with Gasteiger partial charge in [-0.05, 0) is 208 Å². The van der Waals surface area contributed by atoms with Crippen molar-refractivity contribution in [1.29, 1.82) is 0 Å². The van der Waals surface area contributed by atoms with E-state index in [0.29, 0.717) is 0 Å². The van der Waals surface area contributed by atoms with Crippen molar-refractivity contribution in [3.05, 3.63) is 372 Å². The first-order valence-corrected chi connectivity index (χ1v) is 38.3. The van der Waals surface area contributed by atoms with Crippen LogP contribution in [0.2, 0.25) is 0 Å². The zero-order valence-corrected chi connectivity index (χ0v) is 63.6. The van der Waals surface area contributed by atoms with E-state index in [0.717, 1.165) is 45.5 Å². The van der Waals surface area contributed by atoms with Crippen molar-refractivity contribution >= 4 is 114 Å². The minimum atomic E-state index is -0.874. The van der Waals surface area contributed by atoms with Crippen molar-refractivity contribution in [1.82, 2.24) is 0 Å². The van der Waals surface area contributed by atoms with Crippen molar-refractivity contribution in [3.63, 3.8) is 0 Å². The van der Waals surface area contributed by atoms with Crippen LogP contribution in [0.25, 0.3) is 22.3 Å². The molecule has 2 aliphatic carbocycles. The van der Waals surface area contributed by atoms with Gasteiger partial charge in [0.2, 0.25) is 13.4 Å². The zero-order valence-electron chi connectivity index (χ0n) is 63.6. The highest BCUT2D eigenvalue weighted by atomic mass is 15.2. The van der Waals surface area contributed by atoms with E-state index < -0.39 is 5.41 Å². The molecular formula is C101H90B2N4. The molecule has 2 heterocycles. The maximum atomic E-state index is 2.62. The monoisotopic (exact) mass is 1380 g/mol. The van der Waals surface area contributed by atoms with Gasteiger partial charge in [0.1, 0.15) is 0 Å². The Morgan fingerprint density at radius 2 is 0.523 bits per heavy atom. The van der Waals surface area contributed by atoms with Gasteiger partial charge in [-0.15, -0.1) is 0 Å². The van der Waals surface area contributed by atoms with Crippen LogP contribution in [0.1, 0.15) is 128 Å². The lowest BCUT2D eigenvalue weighted by Crippen LogP contribution is -2.57. The second-order valence-corrected chi connectivity index (χ2v) is 34.1. The molecule has 107 heavy (non-hydrogen) atoms. The van der Waals surface area contributed by atoms with Gasteiger partial charge in [-0.1, -0.05) is 312 Å². The van der Waals surface area contributed by atoms with Gasteiger partial charge < -0.3 is 19.6 Å². The molecule has 0 unspecified atom stereocenters. The van der Waals surface area contributed by atoms with Crippen LogP contribution < -0.4 is 52.4 Å². The van der Waals surface area contributed by atoms with Crippen LogP contribution in [0.5, 0.6) is 0 Å². The molecule has 1 spiro atoms. The average Bonchev–Trinajstić information content (AvgIpc) is 1.50. The van der Waals surface area contributed by atoms with Gasteiger partial charge in [0, 0.05) is 79.4 Å². The summed E-state index contributed by atoms with van der Waals surface area (Å²) in [7, 11) is 0. The third kappa shape index (κ3) is 11.0. The number of rotatable bonds is 10. The summed E-state index contributed by atoms with van der Waals surface area (Å²) >= 11 is 0. The van der Waals surface area contributed by atoms with E-state index in [1.54, 1.807) is 0 Å². The van der Waals surface area contributed by atoms with E-state index in [9.17, 15) is 0 Å². The topological polar surface area (TPSA) is 13.0 Å². The van der Waals surface area contributed by atoms with Crippen molar-refractivity contribution < 1.29 is 0 Å². The molecule has 0 radical (unpaired) electrons. The molecule has 14 aromatic rings. The molecule has 2 aliphatic heterocycles. The quantitative estimate of drug-likeness (QED) is 0.127. The van der Waals surface area contributed by atoms with Gasteiger partial charge in [0.15, 0.2) is 0 Å².